The van der Waals surface area contributed by atoms with Crippen molar-refractivity contribution in [3.05, 3.63) is 64.7 Å². The third kappa shape index (κ3) is 4.75. The Hall–Kier alpha value is -2.91. The molecule has 0 saturated heterocycles. The average Bonchev–Trinajstić information content (AvgIpc) is 3.07. The van der Waals surface area contributed by atoms with Crippen molar-refractivity contribution in [1.82, 2.24) is 4.98 Å². The number of aromatic nitrogens is 1. The van der Waals surface area contributed by atoms with Crippen molar-refractivity contribution in [2.75, 3.05) is 17.1 Å². The van der Waals surface area contributed by atoms with Crippen molar-refractivity contribution in [2.45, 2.75) is 25.2 Å². The second kappa shape index (κ2) is 8.62. The summed E-state index contributed by atoms with van der Waals surface area (Å²) in [6.45, 7) is 3.68. The van der Waals surface area contributed by atoms with Gasteiger partial charge in [0.2, 0.25) is 0 Å². The SMILES string of the molecule is CCc1ccccc1NC(=O)c1sc(NS(=O)(=O)c2ccc(OC)cc2)nc1C. The molecule has 1 heterocycles. The lowest BCUT2D eigenvalue weighted by molar-refractivity contribution is 0.102. The summed E-state index contributed by atoms with van der Waals surface area (Å²) in [6, 6.07) is 13.6. The Labute approximate surface area is 173 Å². The first-order valence-corrected chi connectivity index (χ1v) is 11.2. The van der Waals surface area contributed by atoms with E-state index in [0.717, 1.165) is 29.0 Å². The van der Waals surface area contributed by atoms with Crippen LogP contribution >= 0.6 is 11.3 Å². The predicted molar refractivity (Wildman–Crippen MR) is 114 cm³/mol. The minimum absolute atomic E-state index is 0.0778. The molecule has 3 aromatic rings. The molecule has 29 heavy (non-hydrogen) atoms. The number of carbonyl (C=O) groups is 1. The molecule has 0 atom stereocenters. The van der Waals surface area contributed by atoms with Gasteiger partial charge < -0.3 is 10.1 Å². The highest BCUT2D eigenvalue weighted by atomic mass is 32.2. The Morgan fingerprint density at radius 3 is 2.48 bits per heavy atom. The first-order valence-electron chi connectivity index (χ1n) is 8.87. The molecule has 1 amide bonds. The first kappa shape index (κ1) is 20.8. The number of nitrogens with zero attached hydrogens (tertiary/aromatic N) is 1. The van der Waals surface area contributed by atoms with Gasteiger partial charge in [0.1, 0.15) is 10.6 Å². The molecule has 3 rings (SSSR count). The lowest BCUT2D eigenvalue weighted by Crippen LogP contribution is -2.13. The zero-order chi connectivity index (χ0) is 21.0. The number of amides is 1. The molecular formula is C20H21N3O4S2. The van der Waals surface area contributed by atoms with Gasteiger partial charge in [-0.3, -0.25) is 9.52 Å². The highest BCUT2D eigenvalue weighted by Crippen LogP contribution is 2.27. The summed E-state index contributed by atoms with van der Waals surface area (Å²) in [7, 11) is -2.32. The average molecular weight is 432 g/mol. The molecule has 1 aromatic heterocycles. The topological polar surface area (TPSA) is 97.4 Å². The van der Waals surface area contributed by atoms with Gasteiger partial charge in [0.05, 0.1) is 17.7 Å². The van der Waals surface area contributed by atoms with E-state index in [1.54, 1.807) is 19.1 Å². The second-order valence-corrected chi connectivity index (χ2v) is 8.86. The molecule has 0 bridgehead atoms. The molecule has 0 aliphatic rings. The summed E-state index contributed by atoms with van der Waals surface area (Å²) in [4.78, 5) is 17.3. The first-order chi connectivity index (χ1) is 13.8. The van der Waals surface area contributed by atoms with Crippen molar-refractivity contribution < 1.29 is 17.9 Å². The fourth-order valence-electron chi connectivity index (χ4n) is 2.71. The van der Waals surface area contributed by atoms with Crippen LogP contribution < -0.4 is 14.8 Å². The van der Waals surface area contributed by atoms with Crippen LogP contribution in [-0.2, 0) is 16.4 Å². The van der Waals surface area contributed by atoms with Crippen LogP contribution in [0, 0.1) is 6.92 Å². The van der Waals surface area contributed by atoms with Crippen LogP contribution in [0.2, 0.25) is 0 Å². The predicted octanol–water partition coefficient (Wildman–Crippen LogP) is 4.08. The third-order valence-electron chi connectivity index (χ3n) is 4.24. The normalized spacial score (nSPS) is 11.1. The zero-order valence-electron chi connectivity index (χ0n) is 16.2. The summed E-state index contributed by atoms with van der Waals surface area (Å²) < 4.78 is 32.6. The van der Waals surface area contributed by atoms with Gasteiger partial charge in [-0.05, 0) is 49.2 Å². The molecule has 2 aromatic carbocycles. The number of sulfonamides is 1. The minimum atomic E-state index is -3.83. The molecule has 7 nitrogen and oxygen atoms in total. The number of hydrogen-bond acceptors (Lipinski definition) is 6. The number of rotatable bonds is 7. The maximum absolute atomic E-state index is 12.7. The van der Waals surface area contributed by atoms with Gasteiger partial charge in [-0.2, -0.15) is 0 Å². The Bertz CT molecular complexity index is 1120. The van der Waals surface area contributed by atoms with Gasteiger partial charge in [0, 0.05) is 5.69 Å². The maximum atomic E-state index is 12.7. The Kier molecular flexibility index (Phi) is 6.19. The molecule has 9 heteroatoms. The number of benzene rings is 2. The summed E-state index contributed by atoms with van der Waals surface area (Å²) >= 11 is 0.991. The number of methoxy groups -OCH3 is 1. The molecule has 0 radical (unpaired) electrons. The van der Waals surface area contributed by atoms with Crippen molar-refractivity contribution in [3.8, 4) is 5.75 Å². The quantitative estimate of drug-likeness (QED) is 0.588. The van der Waals surface area contributed by atoms with E-state index >= 15 is 0 Å². The van der Waals surface area contributed by atoms with Crippen LogP contribution in [0.1, 0.15) is 27.9 Å². The smallest absolute Gasteiger partial charge is 0.267 e. The fraction of sp³-hybridized carbons (Fsp3) is 0.200. The van der Waals surface area contributed by atoms with Crippen LogP contribution in [0.15, 0.2) is 53.4 Å². The summed E-state index contributed by atoms with van der Waals surface area (Å²) in [5.41, 5.74) is 2.20. The van der Waals surface area contributed by atoms with Crippen molar-refractivity contribution >= 4 is 38.1 Å². The molecular weight excluding hydrogens is 410 g/mol. The third-order valence-corrected chi connectivity index (χ3v) is 6.80. The number of para-hydroxylation sites is 1. The van der Waals surface area contributed by atoms with E-state index in [9.17, 15) is 13.2 Å². The van der Waals surface area contributed by atoms with Crippen LogP contribution in [0.4, 0.5) is 10.8 Å². The summed E-state index contributed by atoms with van der Waals surface area (Å²) in [5.74, 6) is 0.233. The van der Waals surface area contributed by atoms with E-state index in [4.69, 9.17) is 4.74 Å². The number of aryl methyl sites for hydroxylation is 2. The molecule has 0 spiro atoms. The van der Waals surface area contributed by atoms with Crippen LogP contribution in [0.3, 0.4) is 0 Å². The van der Waals surface area contributed by atoms with Crippen molar-refractivity contribution in [1.29, 1.82) is 0 Å². The molecule has 0 saturated carbocycles. The number of hydrogen-bond donors (Lipinski definition) is 2. The second-order valence-electron chi connectivity index (χ2n) is 6.18. The molecule has 2 N–H and O–H groups in total. The Balaban J connectivity index is 1.79. The van der Waals surface area contributed by atoms with Gasteiger partial charge >= 0.3 is 0 Å². The number of thiazole rings is 1. The van der Waals surface area contributed by atoms with E-state index < -0.39 is 10.0 Å². The van der Waals surface area contributed by atoms with E-state index in [-0.39, 0.29) is 15.9 Å². The Morgan fingerprint density at radius 1 is 1.14 bits per heavy atom. The van der Waals surface area contributed by atoms with Gasteiger partial charge in [-0.25, -0.2) is 13.4 Å². The van der Waals surface area contributed by atoms with Crippen LogP contribution in [0.5, 0.6) is 5.75 Å². The zero-order valence-corrected chi connectivity index (χ0v) is 17.9. The highest BCUT2D eigenvalue weighted by molar-refractivity contribution is 7.93. The number of ether oxygens (including phenoxy) is 1. The van der Waals surface area contributed by atoms with E-state index in [2.05, 4.69) is 15.0 Å². The van der Waals surface area contributed by atoms with Crippen molar-refractivity contribution in [2.24, 2.45) is 0 Å². The highest BCUT2D eigenvalue weighted by Gasteiger charge is 2.21. The number of carbonyl (C=O) groups excluding carboxylic acids is 1. The molecule has 152 valence electrons. The van der Waals surface area contributed by atoms with E-state index in [1.807, 2.05) is 31.2 Å². The monoisotopic (exact) mass is 431 g/mol. The standard InChI is InChI=1S/C20H21N3O4S2/c1-4-14-7-5-6-8-17(14)22-19(24)18-13(2)21-20(28-18)23-29(25,26)16-11-9-15(27-3)10-12-16/h5-12H,4H2,1-3H3,(H,21,23)(H,22,24). The maximum Gasteiger partial charge on any atom is 0.267 e. The van der Waals surface area contributed by atoms with Crippen LogP contribution in [0.25, 0.3) is 0 Å². The lowest BCUT2D eigenvalue weighted by atomic mass is 10.1. The molecule has 0 unspecified atom stereocenters. The number of nitrogens with one attached hydrogen (secondary N) is 2. The van der Waals surface area contributed by atoms with Gasteiger partial charge in [0.15, 0.2) is 5.13 Å². The summed E-state index contributed by atoms with van der Waals surface area (Å²) in [5, 5.41) is 3.01. The minimum Gasteiger partial charge on any atom is -0.497 e. The molecule has 0 aliphatic heterocycles. The number of anilines is 2. The van der Waals surface area contributed by atoms with E-state index in [0.29, 0.717) is 16.3 Å². The fourth-order valence-corrected chi connectivity index (χ4v) is 4.81. The molecule has 0 fully saturated rings. The Morgan fingerprint density at radius 2 is 1.83 bits per heavy atom. The van der Waals surface area contributed by atoms with Gasteiger partial charge in [-0.15, -0.1) is 0 Å². The largest absolute Gasteiger partial charge is 0.497 e. The molecule has 0 aliphatic carbocycles. The lowest BCUT2D eigenvalue weighted by Gasteiger charge is -2.08. The van der Waals surface area contributed by atoms with Gasteiger partial charge in [-0.1, -0.05) is 36.5 Å². The summed E-state index contributed by atoms with van der Waals surface area (Å²) in [6.07, 6.45) is 0.783. The van der Waals surface area contributed by atoms with Crippen molar-refractivity contribution in [3.63, 3.8) is 0 Å². The van der Waals surface area contributed by atoms with Gasteiger partial charge in [0.25, 0.3) is 15.9 Å². The van der Waals surface area contributed by atoms with Crippen LogP contribution in [-0.4, -0.2) is 26.4 Å². The van der Waals surface area contributed by atoms with E-state index in [1.165, 1.54) is 19.2 Å².